The number of fused-ring (bicyclic) bond motifs is 4. The SMILES string of the molecule is CC1(C)N=C(c2cnc3c(Br)cnn3c2)c2cccc(F)c2C1(F)F.CC1(C)N=C(c2cnc3c(Br)cnn3c2)c2cccc(F)c2C1=O. The zero-order valence-corrected chi connectivity index (χ0v) is 29.4. The molecule has 0 saturated carbocycles. The lowest BCUT2D eigenvalue weighted by Gasteiger charge is -2.37. The van der Waals surface area contributed by atoms with Crippen LogP contribution in [0.2, 0.25) is 0 Å². The molecule has 0 saturated heterocycles. The lowest BCUT2D eigenvalue weighted by molar-refractivity contribution is -0.0710. The van der Waals surface area contributed by atoms with Gasteiger partial charge in [-0.3, -0.25) is 14.8 Å². The van der Waals surface area contributed by atoms with Gasteiger partial charge < -0.3 is 0 Å². The Morgan fingerprint density at radius 1 is 0.694 bits per heavy atom. The fourth-order valence-corrected chi connectivity index (χ4v) is 6.53. The van der Waals surface area contributed by atoms with Crippen molar-refractivity contribution < 1.29 is 22.4 Å². The van der Waals surface area contributed by atoms with Gasteiger partial charge in [-0.15, -0.1) is 0 Å². The fourth-order valence-electron chi connectivity index (χ4n) is 5.78. The zero-order chi connectivity index (χ0) is 35.0. The summed E-state index contributed by atoms with van der Waals surface area (Å²) in [5.74, 6) is -5.23. The number of carbonyl (C=O) groups excluding carboxylic acids is 1. The van der Waals surface area contributed by atoms with E-state index < -0.39 is 34.2 Å². The fraction of sp³-hybridized carbons (Fsp3) is 0.206. The van der Waals surface area contributed by atoms with Gasteiger partial charge in [0.2, 0.25) is 0 Å². The van der Waals surface area contributed by atoms with E-state index in [0.29, 0.717) is 38.2 Å². The van der Waals surface area contributed by atoms with Gasteiger partial charge in [0, 0.05) is 47.0 Å². The summed E-state index contributed by atoms with van der Waals surface area (Å²) in [5.41, 5.74) is 0.380. The molecule has 0 bridgehead atoms. The van der Waals surface area contributed by atoms with E-state index in [1.165, 1.54) is 42.8 Å². The number of benzene rings is 2. The number of carbonyl (C=O) groups is 1. The van der Waals surface area contributed by atoms with Gasteiger partial charge in [-0.25, -0.2) is 27.8 Å². The van der Waals surface area contributed by atoms with Crippen molar-refractivity contribution in [3.8, 4) is 0 Å². The van der Waals surface area contributed by atoms with Gasteiger partial charge in [0.15, 0.2) is 17.1 Å². The molecule has 0 fully saturated rings. The Kier molecular flexibility index (Phi) is 7.70. The molecule has 0 aliphatic carbocycles. The van der Waals surface area contributed by atoms with Gasteiger partial charge in [0.05, 0.1) is 43.9 Å². The van der Waals surface area contributed by atoms with Gasteiger partial charge in [-0.2, -0.15) is 19.0 Å². The Hall–Kier alpha value is -4.63. The predicted octanol–water partition coefficient (Wildman–Crippen LogP) is 7.80. The third kappa shape index (κ3) is 5.30. The van der Waals surface area contributed by atoms with E-state index in [2.05, 4.69) is 62.0 Å². The molecule has 0 atom stereocenters. The van der Waals surface area contributed by atoms with Crippen molar-refractivity contribution in [2.75, 3.05) is 0 Å². The van der Waals surface area contributed by atoms with Crippen LogP contribution in [0, 0.1) is 11.6 Å². The minimum atomic E-state index is -3.43. The summed E-state index contributed by atoms with van der Waals surface area (Å²) in [6.07, 6.45) is 9.82. The lowest BCUT2D eigenvalue weighted by Crippen LogP contribution is -2.45. The van der Waals surface area contributed by atoms with Crippen LogP contribution in [0.3, 0.4) is 0 Å². The highest BCUT2D eigenvalue weighted by Gasteiger charge is 2.54. The number of nitrogens with zero attached hydrogens (tertiary/aromatic N) is 8. The second-order valence-corrected chi connectivity index (χ2v) is 14.2. The monoisotopic (exact) mass is 794 g/mol. The summed E-state index contributed by atoms with van der Waals surface area (Å²) in [5, 5.41) is 8.35. The van der Waals surface area contributed by atoms with Crippen molar-refractivity contribution in [3.05, 3.63) is 128 Å². The van der Waals surface area contributed by atoms with Gasteiger partial charge in [-0.1, -0.05) is 24.3 Å². The second kappa shape index (κ2) is 11.5. The van der Waals surface area contributed by atoms with Crippen molar-refractivity contribution in [2.45, 2.75) is 44.7 Å². The number of alkyl halides is 2. The molecule has 9 nitrogen and oxygen atoms in total. The topological polar surface area (TPSA) is 102 Å². The van der Waals surface area contributed by atoms with Crippen molar-refractivity contribution in [1.29, 1.82) is 0 Å². The Morgan fingerprint density at radius 3 is 1.78 bits per heavy atom. The lowest BCUT2D eigenvalue weighted by atomic mass is 9.81. The Bertz CT molecular complexity index is 2410. The number of Topliss-reactive ketones (excluding diaryl/α,β-unsaturated/α-hetero) is 1. The molecule has 6 aromatic rings. The van der Waals surface area contributed by atoms with Gasteiger partial charge in [0.1, 0.15) is 22.7 Å². The third-order valence-corrected chi connectivity index (χ3v) is 9.48. The number of hydrogen-bond donors (Lipinski definition) is 0. The number of halogens is 6. The molecule has 49 heavy (non-hydrogen) atoms. The molecule has 0 unspecified atom stereocenters. The standard InChI is InChI=1S/C17H12BrF3N4.C17H12BrFN4O/c1-16(2)17(20,21)13-10(4-3-5-12(13)19)14(24-16)9-6-22-15-11(18)7-23-25(15)8-9;1-17(2)15(24)13-10(4-3-5-12(13)19)14(22-17)9-6-20-16-11(18)7-21-23(16)8-9/h3-8H,1-2H3;3-8H,1-2H3. The number of ketones is 1. The van der Waals surface area contributed by atoms with Gasteiger partial charge >= 0.3 is 5.92 Å². The minimum Gasteiger partial charge on any atom is -0.291 e. The van der Waals surface area contributed by atoms with E-state index in [-0.39, 0.29) is 22.6 Å². The summed E-state index contributed by atoms with van der Waals surface area (Å²) in [7, 11) is 0. The average Bonchev–Trinajstić information content (AvgIpc) is 3.62. The van der Waals surface area contributed by atoms with Crippen molar-refractivity contribution in [2.24, 2.45) is 9.98 Å². The van der Waals surface area contributed by atoms with E-state index in [1.807, 2.05) is 0 Å². The largest absolute Gasteiger partial charge is 0.300 e. The molecule has 0 radical (unpaired) electrons. The molecule has 248 valence electrons. The van der Waals surface area contributed by atoms with Crippen LogP contribution in [0.1, 0.15) is 65.9 Å². The van der Waals surface area contributed by atoms with E-state index in [9.17, 15) is 22.4 Å². The highest BCUT2D eigenvalue weighted by molar-refractivity contribution is 9.11. The maximum atomic E-state index is 14.8. The van der Waals surface area contributed by atoms with Crippen LogP contribution < -0.4 is 0 Å². The van der Waals surface area contributed by atoms with E-state index >= 15 is 0 Å². The third-order valence-electron chi connectivity index (χ3n) is 8.36. The summed E-state index contributed by atoms with van der Waals surface area (Å²) < 4.78 is 62.8. The molecule has 0 N–H and O–H groups in total. The predicted molar refractivity (Wildman–Crippen MR) is 182 cm³/mol. The summed E-state index contributed by atoms with van der Waals surface area (Å²) >= 11 is 6.71. The van der Waals surface area contributed by atoms with Crippen LogP contribution >= 0.6 is 31.9 Å². The van der Waals surface area contributed by atoms with Gasteiger partial charge in [0.25, 0.3) is 0 Å². The number of aromatic nitrogens is 6. The van der Waals surface area contributed by atoms with E-state index in [0.717, 1.165) is 10.5 Å². The van der Waals surface area contributed by atoms with Gasteiger partial charge in [-0.05, 0) is 71.7 Å². The summed E-state index contributed by atoms with van der Waals surface area (Å²) in [6, 6.07) is 8.46. The molecular formula is C34H24Br2F4N8O. The molecule has 15 heteroatoms. The minimum absolute atomic E-state index is 0.0664. The molecule has 2 aliphatic rings. The molecule has 0 spiro atoms. The first-order valence-electron chi connectivity index (χ1n) is 14.8. The summed E-state index contributed by atoms with van der Waals surface area (Å²) in [6.45, 7) is 5.94. The molecule has 8 rings (SSSR count). The first kappa shape index (κ1) is 32.9. The number of hydrogen-bond acceptors (Lipinski definition) is 7. The molecule has 4 aromatic heterocycles. The maximum absolute atomic E-state index is 14.8. The normalized spacial score (nSPS) is 17.1. The second-order valence-electron chi connectivity index (χ2n) is 12.5. The van der Waals surface area contributed by atoms with Crippen LogP contribution in [-0.2, 0) is 5.92 Å². The number of aliphatic imine (C=N–C) groups is 2. The molecule has 2 aromatic carbocycles. The molecular weight excluding hydrogens is 772 g/mol. The molecule has 2 aliphatic heterocycles. The van der Waals surface area contributed by atoms with E-state index in [1.54, 1.807) is 61.5 Å². The zero-order valence-electron chi connectivity index (χ0n) is 26.2. The van der Waals surface area contributed by atoms with Crippen LogP contribution in [0.4, 0.5) is 17.6 Å². The van der Waals surface area contributed by atoms with Crippen LogP contribution in [0.5, 0.6) is 0 Å². The molecule has 6 heterocycles. The van der Waals surface area contributed by atoms with Crippen molar-refractivity contribution in [1.82, 2.24) is 29.2 Å². The Balaban J connectivity index is 0.000000154. The Morgan fingerprint density at radius 2 is 1.20 bits per heavy atom. The quantitative estimate of drug-likeness (QED) is 0.167. The summed E-state index contributed by atoms with van der Waals surface area (Å²) in [4.78, 5) is 30.0. The van der Waals surface area contributed by atoms with Crippen LogP contribution in [0.15, 0.2) is 92.5 Å². The first-order chi connectivity index (χ1) is 23.1. The smallest absolute Gasteiger partial charge is 0.291 e. The van der Waals surface area contributed by atoms with Crippen LogP contribution in [0.25, 0.3) is 11.3 Å². The van der Waals surface area contributed by atoms with Crippen molar-refractivity contribution >= 4 is 60.4 Å². The van der Waals surface area contributed by atoms with E-state index in [4.69, 9.17) is 0 Å². The highest BCUT2D eigenvalue weighted by Crippen LogP contribution is 2.47. The first-order valence-corrected chi connectivity index (χ1v) is 16.4. The van der Waals surface area contributed by atoms with Crippen LogP contribution in [-0.4, -0.2) is 57.5 Å². The van der Waals surface area contributed by atoms with Crippen molar-refractivity contribution in [3.63, 3.8) is 0 Å². The maximum Gasteiger partial charge on any atom is 0.300 e. The Labute approximate surface area is 293 Å². The number of rotatable bonds is 2. The average molecular weight is 796 g/mol. The highest BCUT2D eigenvalue weighted by atomic mass is 79.9. The molecule has 0 amide bonds.